The van der Waals surface area contributed by atoms with Crippen molar-refractivity contribution in [1.29, 1.82) is 0 Å². The van der Waals surface area contributed by atoms with Crippen LogP contribution in [0.2, 0.25) is 10.4 Å². The summed E-state index contributed by atoms with van der Waals surface area (Å²) in [4.78, 5) is 14.8. The molecule has 0 radical (unpaired) electrons. The van der Waals surface area contributed by atoms with Crippen molar-refractivity contribution in [3.05, 3.63) is 27.2 Å². The lowest BCUT2D eigenvalue weighted by molar-refractivity contribution is -0.0233. The molecule has 2 aromatic rings. The number of imidazole rings is 1. The van der Waals surface area contributed by atoms with Gasteiger partial charge >= 0.3 is 0 Å². The standard InChI is InChI=1S/C10H9Cl2N7O2/c11-8-7-9(16-10(12)15-8)19(3-14-7)6-1-4(17-18-13)5(2-20)21-6/h3-6,20H,1-2H2/t4-,5+,6+/m1/s1. The van der Waals surface area contributed by atoms with Crippen molar-refractivity contribution in [2.45, 2.75) is 24.8 Å². The first-order valence-electron chi connectivity index (χ1n) is 6.00. The van der Waals surface area contributed by atoms with Crippen molar-refractivity contribution in [3.63, 3.8) is 0 Å². The highest BCUT2D eigenvalue weighted by Gasteiger charge is 2.36. The van der Waals surface area contributed by atoms with E-state index in [1.165, 1.54) is 6.33 Å². The predicted octanol–water partition coefficient (Wildman–Crippen LogP) is 2.09. The van der Waals surface area contributed by atoms with Gasteiger partial charge in [-0.3, -0.25) is 4.57 Å². The normalized spacial score (nSPS) is 25.2. The number of hydrogen-bond acceptors (Lipinski definition) is 6. The van der Waals surface area contributed by atoms with E-state index in [4.69, 9.17) is 33.5 Å². The minimum absolute atomic E-state index is 0.00227. The van der Waals surface area contributed by atoms with Crippen LogP contribution in [0.1, 0.15) is 12.6 Å². The molecule has 9 nitrogen and oxygen atoms in total. The van der Waals surface area contributed by atoms with Gasteiger partial charge in [-0.15, -0.1) is 0 Å². The Morgan fingerprint density at radius 3 is 3.05 bits per heavy atom. The number of rotatable bonds is 3. The maximum absolute atomic E-state index is 9.28. The third-order valence-electron chi connectivity index (χ3n) is 3.25. The zero-order valence-electron chi connectivity index (χ0n) is 10.5. The molecular weight excluding hydrogens is 321 g/mol. The van der Waals surface area contributed by atoms with Gasteiger partial charge in [-0.2, -0.15) is 4.98 Å². The number of fused-ring (bicyclic) bond motifs is 1. The molecule has 0 unspecified atom stereocenters. The summed E-state index contributed by atoms with van der Waals surface area (Å²) in [5.41, 5.74) is 9.37. The fourth-order valence-electron chi connectivity index (χ4n) is 2.31. The average molecular weight is 330 g/mol. The van der Waals surface area contributed by atoms with Crippen molar-refractivity contribution in [2.24, 2.45) is 5.11 Å². The van der Waals surface area contributed by atoms with Gasteiger partial charge in [0.25, 0.3) is 0 Å². The molecule has 110 valence electrons. The number of ether oxygens (including phenoxy) is 1. The Labute approximate surface area is 128 Å². The molecule has 0 amide bonds. The van der Waals surface area contributed by atoms with E-state index in [2.05, 4.69) is 25.0 Å². The van der Waals surface area contributed by atoms with Gasteiger partial charge in [-0.25, -0.2) is 9.97 Å². The van der Waals surface area contributed by atoms with Crippen LogP contribution in [0.25, 0.3) is 21.6 Å². The molecule has 1 saturated heterocycles. The summed E-state index contributed by atoms with van der Waals surface area (Å²) >= 11 is 11.8. The lowest BCUT2D eigenvalue weighted by Crippen LogP contribution is -2.22. The van der Waals surface area contributed by atoms with E-state index in [-0.39, 0.29) is 17.0 Å². The van der Waals surface area contributed by atoms with E-state index in [0.29, 0.717) is 17.6 Å². The first kappa shape index (κ1) is 14.3. The molecular formula is C10H9Cl2N7O2. The third-order valence-corrected chi connectivity index (χ3v) is 3.68. The van der Waals surface area contributed by atoms with Gasteiger partial charge in [0, 0.05) is 11.3 Å². The fourth-order valence-corrected chi connectivity index (χ4v) is 2.73. The van der Waals surface area contributed by atoms with E-state index in [9.17, 15) is 5.11 Å². The van der Waals surface area contributed by atoms with Crippen molar-refractivity contribution in [3.8, 4) is 0 Å². The second-order valence-electron chi connectivity index (χ2n) is 4.43. The van der Waals surface area contributed by atoms with Crippen LogP contribution in [-0.4, -0.2) is 43.4 Å². The summed E-state index contributed by atoms with van der Waals surface area (Å²) < 4.78 is 7.30. The van der Waals surface area contributed by atoms with Gasteiger partial charge in [-0.05, 0) is 17.1 Å². The highest BCUT2D eigenvalue weighted by atomic mass is 35.5. The van der Waals surface area contributed by atoms with Crippen molar-refractivity contribution in [2.75, 3.05) is 6.61 Å². The van der Waals surface area contributed by atoms with Gasteiger partial charge in [0.05, 0.1) is 25.1 Å². The van der Waals surface area contributed by atoms with Crippen LogP contribution in [0.15, 0.2) is 11.4 Å². The molecule has 0 bridgehead atoms. The zero-order chi connectivity index (χ0) is 15.0. The van der Waals surface area contributed by atoms with Crippen LogP contribution in [0, 0.1) is 0 Å². The first-order valence-corrected chi connectivity index (χ1v) is 6.75. The van der Waals surface area contributed by atoms with Crippen molar-refractivity contribution < 1.29 is 9.84 Å². The van der Waals surface area contributed by atoms with E-state index in [0.717, 1.165) is 0 Å². The molecule has 2 aromatic heterocycles. The van der Waals surface area contributed by atoms with E-state index < -0.39 is 18.4 Å². The van der Waals surface area contributed by atoms with Gasteiger partial charge < -0.3 is 9.84 Å². The smallest absolute Gasteiger partial charge is 0.225 e. The van der Waals surface area contributed by atoms with Crippen molar-refractivity contribution in [1.82, 2.24) is 19.5 Å². The summed E-state index contributed by atoms with van der Waals surface area (Å²) in [5.74, 6) is 0. The Balaban J connectivity index is 2.00. The average Bonchev–Trinajstić information content (AvgIpc) is 3.02. The molecule has 0 aromatic carbocycles. The van der Waals surface area contributed by atoms with Crippen LogP contribution < -0.4 is 0 Å². The highest BCUT2D eigenvalue weighted by Crippen LogP contribution is 2.33. The Kier molecular flexibility index (Phi) is 3.83. The van der Waals surface area contributed by atoms with Crippen LogP contribution in [0.3, 0.4) is 0 Å². The molecule has 3 atom stereocenters. The minimum Gasteiger partial charge on any atom is -0.394 e. The second-order valence-corrected chi connectivity index (χ2v) is 5.12. The number of halogens is 2. The van der Waals surface area contributed by atoms with Gasteiger partial charge in [0.2, 0.25) is 5.28 Å². The van der Waals surface area contributed by atoms with Crippen molar-refractivity contribution >= 4 is 34.4 Å². The third kappa shape index (κ3) is 2.50. The molecule has 1 N–H and O–H groups in total. The summed E-state index contributed by atoms with van der Waals surface area (Å²) in [6.45, 7) is -0.247. The molecule has 3 rings (SSSR count). The minimum atomic E-state index is -0.573. The molecule has 3 heterocycles. The highest BCUT2D eigenvalue weighted by molar-refractivity contribution is 6.35. The topological polar surface area (TPSA) is 122 Å². The maximum atomic E-state index is 9.28. The van der Waals surface area contributed by atoms with Crippen LogP contribution in [0.4, 0.5) is 0 Å². The molecule has 1 fully saturated rings. The zero-order valence-corrected chi connectivity index (χ0v) is 12.0. The molecule has 0 saturated carbocycles. The fraction of sp³-hybridized carbons (Fsp3) is 0.500. The molecule has 0 aliphatic carbocycles. The lowest BCUT2D eigenvalue weighted by atomic mass is 10.1. The maximum Gasteiger partial charge on any atom is 0.225 e. The summed E-state index contributed by atoms with van der Waals surface area (Å²) in [7, 11) is 0. The Morgan fingerprint density at radius 2 is 2.33 bits per heavy atom. The van der Waals surface area contributed by atoms with Crippen LogP contribution >= 0.6 is 23.2 Å². The van der Waals surface area contributed by atoms with Crippen LogP contribution in [0.5, 0.6) is 0 Å². The van der Waals surface area contributed by atoms with Gasteiger partial charge in [0.1, 0.15) is 11.7 Å². The Bertz CT molecular complexity index is 730. The van der Waals surface area contributed by atoms with E-state index in [1.807, 2.05) is 0 Å². The summed E-state index contributed by atoms with van der Waals surface area (Å²) in [6, 6.07) is -0.463. The molecule has 0 spiro atoms. The Morgan fingerprint density at radius 1 is 1.52 bits per heavy atom. The largest absolute Gasteiger partial charge is 0.394 e. The summed E-state index contributed by atoms with van der Waals surface area (Å²) in [5, 5.41) is 13.1. The number of hydrogen-bond donors (Lipinski definition) is 1. The SMILES string of the molecule is [N-]=[N+]=N[C@@H]1C[C@@H](n2cnc3c(Cl)nc(Cl)nc32)O[C@H]1CO. The number of azide groups is 1. The van der Waals surface area contributed by atoms with Gasteiger partial charge in [0.15, 0.2) is 10.8 Å². The molecule has 1 aliphatic heterocycles. The monoisotopic (exact) mass is 329 g/mol. The van der Waals surface area contributed by atoms with Gasteiger partial charge in [-0.1, -0.05) is 16.7 Å². The quantitative estimate of drug-likeness (QED) is 0.303. The molecule has 21 heavy (non-hydrogen) atoms. The second kappa shape index (κ2) is 5.63. The number of nitrogens with zero attached hydrogens (tertiary/aromatic N) is 7. The van der Waals surface area contributed by atoms with Crippen LogP contribution in [-0.2, 0) is 4.74 Å². The molecule has 1 aliphatic rings. The number of aliphatic hydroxyl groups is 1. The Hall–Kier alpha value is -1.64. The summed E-state index contributed by atoms with van der Waals surface area (Å²) in [6.07, 6.45) is 0.833. The lowest BCUT2D eigenvalue weighted by Gasteiger charge is -2.13. The van der Waals surface area contributed by atoms with E-state index in [1.54, 1.807) is 4.57 Å². The van der Waals surface area contributed by atoms with E-state index >= 15 is 0 Å². The molecule has 11 heteroatoms. The first-order chi connectivity index (χ1) is 10.1. The number of aliphatic hydroxyl groups excluding tert-OH is 1. The number of aromatic nitrogens is 4. The predicted molar refractivity (Wildman–Crippen MR) is 73.9 cm³/mol.